The molecule has 1 aliphatic heterocycles. The van der Waals surface area contributed by atoms with Gasteiger partial charge >= 0.3 is 0 Å². The summed E-state index contributed by atoms with van der Waals surface area (Å²) < 4.78 is 0. The third-order valence-corrected chi connectivity index (χ3v) is 4.63. The molecule has 0 atom stereocenters. The van der Waals surface area contributed by atoms with Crippen LogP contribution in [0, 0.1) is 0 Å². The molecular formula is C20H26N4O. The number of benzene rings is 1. The minimum atomic E-state index is -0.0421. The van der Waals surface area contributed by atoms with E-state index in [4.69, 9.17) is 0 Å². The van der Waals surface area contributed by atoms with Crippen molar-refractivity contribution in [1.82, 2.24) is 14.9 Å². The Bertz CT molecular complexity index is 696. The van der Waals surface area contributed by atoms with E-state index in [1.54, 1.807) is 0 Å². The Morgan fingerprint density at radius 3 is 2.52 bits per heavy atom. The largest absolute Gasteiger partial charge is 0.357 e. The zero-order chi connectivity index (χ0) is 17.6. The fourth-order valence-corrected chi connectivity index (χ4v) is 3.18. The highest BCUT2D eigenvalue weighted by molar-refractivity contribution is 5.93. The highest BCUT2D eigenvalue weighted by atomic mass is 16.2. The topological polar surface area (TPSA) is 49.3 Å². The number of piperidine rings is 1. The van der Waals surface area contributed by atoms with Crippen LogP contribution in [0.25, 0.3) is 0 Å². The van der Waals surface area contributed by atoms with Crippen LogP contribution >= 0.6 is 0 Å². The molecule has 1 amide bonds. The number of nitrogens with zero attached hydrogens (tertiary/aromatic N) is 4. The second-order valence-corrected chi connectivity index (χ2v) is 6.82. The summed E-state index contributed by atoms with van der Waals surface area (Å²) in [5, 5.41) is 0. The number of anilines is 1. The molecule has 0 unspecified atom stereocenters. The molecule has 0 aliphatic carbocycles. The first-order valence-corrected chi connectivity index (χ1v) is 9.07. The lowest BCUT2D eigenvalue weighted by atomic mass is 10.1. The molecule has 1 aromatic heterocycles. The summed E-state index contributed by atoms with van der Waals surface area (Å²) in [5.41, 5.74) is 1.59. The number of hydrogen-bond donors (Lipinski definition) is 0. The molecule has 2 heterocycles. The van der Waals surface area contributed by atoms with Crippen LogP contribution in [-0.4, -0.2) is 39.9 Å². The van der Waals surface area contributed by atoms with Crippen LogP contribution in [0.5, 0.6) is 0 Å². The van der Waals surface area contributed by atoms with Gasteiger partial charge in [0.25, 0.3) is 5.91 Å². The van der Waals surface area contributed by atoms with Gasteiger partial charge in [0, 0.05) is 31.7 Å². The van der Waals surface area contributed by atoms with Gasteiger partial charge in [0.15, 0.2) is 0 Å². The normalized spacial score (nSPS) is 14.6. The maximum Gasteiger partial charge on any atom is 0.273 e. The molecule has 5 nitrogen and oxygen atoms in total. The maximum absolute atomic E-state index is 13.0. The summed E-state index contributed by atoms with van der Waals surface area (Å²) >= 11 is 0. The predicted octanol–water partition coefficient (Wildman–Crippen LogP) is 3.52. The predicted molar refractivity (Wildman–Crippen MR) is 99.5 cm³/mol. The Hall–Kier alpha value is -2.43. The van der Waals surface area contributed by atoms with Crippen molar-refractivity contribution in [3.05, 3.63) is 54.0 Å². The third kappa shape index (κ3) is 4.35. The van der Waals surface area contributed by atoms with Crippen molar-refractivity contribution in [2.75, 3.05) is 18.0 Å². The molecule has 0 bridgehead atoms. The van der Waals surface area contributed by atoms with E-state index in [-0.39, 0.29) is 11.9 Å². The lowest BCUT2D eigenvalue weighted by molar-refractivity contribution is 0.0684. The Labute approximate surface area is 149 Å². The van der Waals surface area contributed by atoms with Crippen molar-refractivity contribution in [2.24, 2.45) is 0 Å². The summed E-state index contributed by atoms with van der Waals surface area (Å²) in [6.45, 7) is 6.66. The van der Waals surface area contributed by atoms with Crippen LogP contribution < -0.4 is 4.90 Å². The van der Waals surface area contributed by atoms with Crippen LogP contribution in [0.3, 0.4) is 0 Å². The zero-order valence-corrected chi connectivity index (χ0v) is 15.1. The Morgan fingerprint density at radius 2 is 1.84 bits per heavy atom. The number of amides is 1. The summed E-state index contributed by atoms with van der Waals surface area (Å²) in [6, 6.07) is 12.0. The van der Waals surface area contributed by atoms with E-state index in [2.05, 4.69) is 14.9 Å². The average molecular weight is 338 g/mol. The monoisotopic (exact) mass is 338 g/mol. The molecular weight excluding hydrogens is 312 g/mol. The van der Waals surface area contributed by atoms with Crippen molar-refractivity contribution < 1.29 is 4.79 Å². The van der Waals surface area contributed by atoms with Gasteiger partial charge in [-0.25, -0.2) is 9.97 Å². The lowest BCUT2D eigenvalue weighted by Crippen LogP contribution is -2.37. The van der Waals surface area contributed by atoms with Crippen molar-refractivity contribution in [3.63, 3.8) is 0 Å². The molecule has 0 radical (unpaired) electrons. The van der Waals surface area contributed by atoms with Gasteiger partial charge in [-0.05, 0) is 38.7 Å². The van der Waals surface area contributed by atoms with Gasteiger partial charge in [-0.2, -0.15) is 0 Å². The number of rotatable bonds is 5. The zero-order valence-electron chi connectivity index (χ0n) is 15.1. The van der Waals surface area contributed by atoms with Gasteiger partial charge in [0.2, 0.25) is 0 Å². The first-order valence-electron chi connectivity index (χ1n) is 9.07. The quantitative estimate of drug-likeness (QED) is 0.837. The van der Waals surface area contributed by atoms with Gasteiger partial charge in [-0.1, -0.05) is 30.3 Å². The first kappa shape index (κ1) is 17.4. The fraction of sp³-hybridized carbons (Fsp3) is 0.450. The van der Waals surface area contributed by atoms with Gasteiger partial charge in [-0.3, -0.25) is 4.79 Å². The van der Waals surface area contributed by atoms with Gasteiger partial charge in [0.1, 0.15) is 17.8 Å². The average Bonchev–Trinajstić information content (AvgIpc) is 2.67. The minimum Gasteiger partial charge on any atom is -0.357 e. The summed E-state index contributed by atoms with van der Waals surface area (Å²) in [5.74, 6) is 0.820. The molecule has 0 saturated carbocycles. The Balaban J connectivity index is 1.79. The highest BCUT2D eigenvalue weighted by Crippen LogP contribution is 2.19. The molecule has 3 rings (SSSR count). The van der Waals surface area contributed by atoms with Gasteiger partial charge in [-0.15, -0.1) is 0 Å². The molecule has 1 aromatic carbocycles. The Morgan fingerprint density at radius 1 is 1.12 bits per heavy atom. The van der Waals surface area contributed by atoms with Gasteiger partial charge < -0.3 is 9.80 Å². The second-order valence-electron chi connectivity index (χ2n) is 6.82. The smallest absolute Gasteiger partial charge is 0.273 e. The first-order chi connectivity index (χ1) is 12.1. The third-order valence-electron chi connectivity index (χ3n) is 4.63. The fourth-order valence-electron chi connectivity index (χ4n) is 3.18. The molecule has 0 N–H and O–H groups in total. The molecule has 1 saturated heterocycles. The number of carbonyl (C=O) groups is 1. The molecule has 132 valence electrons. The second kappa shape index (κ2) is 8.10. The number of aromatic nitrogens is 2. The van der Waals surface area contributed by atoms with Gasteiger partial charge in [0.05, 0.1) is 0 Å². The van der Waals surface area contributed by atoms with Crippen LogP contribution in [0.15, 0.2) is 42.7 Å². The molecule has 1 aliphatic rings. The summed E-state index contributed by atoms with van der Waals surface area (Å²) in [7, 11) is 0. The number of hydrogen-bond acceptors (Lipinski definition) is 4. The number of carbonyl (C=O) groups excluding carboxylic acids is 1. The van der Waals surface area contributed by atoms with E-state index in [1.165, 1.54) is 25.6 Å². The SMILES string of the molecule is CC(C)N(Cc1ccccc1)C(=O)c1cc(N2CCCCC2)ncn1. The van der Waals surface area contributed by atoms with E-state index >= 15 is 0 Å². The van der Waals surface area contributed by atoms with E-state index in [1.807, 2.05) is 55.1 Å². The van der Waals surface area contributed by atoms with E-state index < -0.39 is 0 Å². The standard InChI is InChI=1S/C20H26N4O/c1-16(2)24(14-17-9-5-3-6-10-17)20(25)18-13-19(22-15-21-18)23-11-7-4-8-12-23/h3,5-6,9-10,13,15-16H,4,7-8,11-12,14H2,1-2H3. The van der Waals surface area contributed by atoms with Crippen molar-refractivity contribution in [1.29, 1.82) is 0 Å². The molecule has 5 heteroatoms. The highest BCUT2D eigenvalue weighted by Gasteiger charge is 2.22. The molecule has 25 heavy (non-hydrogen) atoms. The van der Waals surface area contributed by atoms with Crippen molar-refractivity contribution >= 4 is 11.7 Å². The lowest BCUT2D eigenvalue weighted by Gasteiger charge is -2.29. The van der Waals surface area contributed by atoms with E-state index in [0.29, 0.717) is 12.2 Å². The van der Waals surface area contributed by atoms with Crippen LogP contribution in [-0.2, 0) is 6.54 Å². The van der Waals surface area contributed by atoms with E-state index in [0.717, 1.165) is 24.5 Å². The molecule has 2 aromatic rings. The van der Waals surface area contributed by atoms with Crippen molar-refractivity contribution in [2.45, 2.75) is 45.7 Å². The van der Waals surface area contributed by atoms with Crippen molar-refractivity contribution in [3.8, 4) is 0 Å². The van der Waals surface area contributed by atoms with E-state index in [9.17, 15) is 4.79 Å². The maximum atomic E-state index is 13.0. The van der Waals surface area contributed by atoms with Crippen LogP contribution in [0.4, 0.5) is 5.82 Å². The Kier molecular flexibility index (Phi) is 5.64. The summed E-state index contributed by atoms with van der Waals surface area (Å²) in [6.07, 6.45) is 5.14. The minimum absolute atomic E-state index is 0.0421. The van der Waals surface area contributed by atoms with Crippen LogP contribution in [0.2, 0.25) is 0 Å². The molecule has 0 spiro atoms. The van der Waals surface area contributed by atoms with Crippen LogP contribution in [0.1, 0.15) is 49.2 Å². The molecule has 1 fully saturated rings. The summed E-state index contributed by atoms with van der Waals surface area (Å²) in [4.78, 5) is 25.8.